The zero-order valence-electron chi connectivity index (χ0n) is 13.2. The van der Waals surface area contributed by atoms with Crippen LogP contribution in [0.4, 0.5) is 0 Å². The van der Waals surface area contributed by atoms with Gasteiger partial charge in [0.05, 0.1) is 5.56 Å². The van der Waals surface area contributed by atoms with Crippen LogP contribution >= 0.6 is 15.9 Å². The van der Waals surface area contributed by atoms with Gasteiger partial charge in [-0.15, -0.1) is 0 Å². The van der Waals surface area contributed by atoms with Crippen LogP contribution in [0, 0.1) is 0 Å². The monoisotopic (exact) mass is 364 g/mol. The molecule has 2 heterocycles. The van der Waals surface area contributed by atoms with E-state index in [1.54, 1.807) is 0 Å². The lowest BCUT2D eigenvalue weighted by Crippen LogP contribution is -2.57. The number of halogens is 1. The molecule has 0 aromatic heterocycles. The van der Waals surface area contributed by atoms with Gasteiger partial charge in [-0.2, -0.15) is 0 Å². The number of piperidine rings is 2. The fourth-order valence-corrected chi connectivity index (χ4v) is 4.59. The summed E-state index contributed by atoms with van der Waals surface area (Å²) in [6.07, 6.45) is 7.36. The summed E-state index contributed by atoms with van der Waals surface area (Å²) < 4.78 is 0.871. The first-order valence-electron chi connectivity index (χ1n) is 8.50. The van der Waals surface area contributed by atoms with Crippen molar-refractivity contribution in [2.75, 3.05) is 6.54 Å². The Morgan fingerprint density at radius 3 is 2.59 bits per heavy atom. The zero-order chi connectivity index (χ0) is 15.5. The van der Waals surface area contributed by atoms with E-state index in [0.717, 1.165) is 22.9 Å². The number of hydrogen-bond acceptors (Lipinski definition) is 2. The van der Waals surface area contributed by atoms with Crippen molar-refractivity contribution >= 4 is 21.8 Å². The lowest BCUT2D eigenvalue weighted by atomic mass is 9.81. The second-order valence-electron chi connectivity index (χ2n) is 6.60. The van der Waals surface area contributed by atoms with Crippen LogP contribution in [0.15, 0.2) is 28.7 Å². The largest absolute Gasteiger partial charge is 0.349 e. The maximum absolute atomic E-state index is 12.5. The molecule has 3 rings (SSSR count). The summed E-state index contributed by atoms with van der Waals surface area (Å²) in [5.41, 5.74) is 0.739. The number of fused-ring (bicyclic) bond motifs is 2. The van der Waals surface area contributed by atoms with E-state index in [0.29, 0.717) is 18.1 Å². The van der Waals surface area contributed by atoms with Crippen molar-refractivity contribution in [2.45, 2.75) is 63.6 Å². The van der Waals surface area contributed by atoms with Crippen molar-refractivity contribution in [1.29, 1.82) is 0 Å². The normalized spacial score (nSPS) is 28.4. The van der Waals surface area contributed by atoms with Crippen molar-refractivity contribution in [2.24, 2.45) is 0 Å². The van der Waals surface area contributed by atoms with Crippen molar-refractivity contribution < 1.29 is 4.79 Å². The number of hydrogen-bond donors (Lipinski definition) is 1. The van der Waals surface area contributed by atoms with E-state index in [-0.39, 0.29) is 5.91 Å². The van der Waals surface area contributed by atoms with Gasteiger partial charge in [0.15, 0.2) is 0 Å². The van der Waals surface area contributed by atoms with Crippen LogP contribution in [0.25, 0.3) is 0 Å². The molecule has 1 aromatic carbocycles. The molecule has 2 aliphatic heterocycles. The van der Waals surface area contributed by atoms with Gasteiger partial charge in [0.2, 0.25) is 0 Å². The highest BCUT2D eigenvalue weighted by molar-refractivity contribution is 9.10. The Bertz CT molecular complexity index is 520. The Labute approximate surface area is 141 Å². The summed E-state index contributed by atoms with van der Waals surface area (Å²) >= 11 is 3.47. The molecule has 2 bridgehead atoms. The topological polar surface area (TPSA) is 32.3 Å². The van der Waals surface area contributed by atoms with E-state index < -0.39 is 0 Å². The average Bonchev–Trinajstić information content (AvgIpc) is 2.48. The highest BCUT2D eigenvalue weighted by Gasteiger charge is 2.38. The average molecular weight is 365 g/mol. The molecule has 0 unspecified atom stereocenters. The van der Waals surface area contributed by atoms with E-state index in [1.807, 2.05) is 24.3 Å². The summed E-state index contributed by atoms with van der Waals surface area (Å²) in [6.45, 7) is 3.47. The molecular weight excluding hydrogens is 340 g/mol. The standard InChI is InChI=1S/C18H25BrN2O/c1-2-10-21-14-6-5-7-15(21)12-13(11-14)20-18(22)16-8-3-4-9-17(16)19/h3-4,8-9,13-15H,2,5-7,10-12H2,1H3,(H,20,22)/t14-,15-/m1/s1. The fraction of sp³-hybridized carbons (Fsp3) is 0.611. The fourth-order valence-electron chi connectivity index (χ4n) is 4.13. The first-order valence-corrected chi connectivity index (χ1v) is 9.29. The van der Waals surface area contributed by atoms with Gasteiger partial charge in [-0.3, -0.25) is 9.69 Å². The minimum Gasteiger partial charge on any atom is -0.349 e. The highest BCUT2D eigenvalue weighted by Crippen LogP contribution is 2.34. The molecule has 0 aliphatic carbocycles. The molecule has 0 radical (unpaired) electrons. The minimum absolute atomic E-state index is 0.0551. The van der Waals surface area contributed by atoms with Crippen LogP contribution in [-0.2, 0) is 0 Å². The number of amides is 1. The first kappa shape index (κ1) is 16.0. The zero-order valence-corrected chi connectivity index (χ0v) is 14.8. The van der Waals surface area contributed by atoms with Crippen LogP contribution in [0.5, 0.6) is 0 Å². The summed E-state index contributed by atoms with van der Waals surface area (Å²) in [7, 11) is 0. The molecule has 2 atom stereocenters. The number of nitrogens with one attached hydrogen (secondary N) is 1. The Hall–Kier alpha value is -0.870. The summed E-state index contributed by atoms with van der Waals surface area (Å²) in [4.78, 5) is 15.2. The van der Waals surface area contributed by atoms with Gasteiger partial charge in [0, 0.05) is 22.6 Å². The second kappa shape index (κ2) is 7.14. The van der Waals surface area contributed by atoms with Gasteiger partial charge in [0.1, 0.15) is 0 Å². The summed E-state index contributed by atoms with van der Waals surface area (Å²) in [6, 6.07) is 9.31. The van der Waals surface area contributed by atoms with Gasteiger partial charge < -0.3 is 5.32 Å². The van der Waals surface area contributed by atoms with E-state index in [9.17, 15) is 4.79 Å². The molecule has 1 amide bonds. The molecule has 2 aliphatic rings. The minimum atomic E-state index is 0.0551. The molecular formula is C18H25BrN2O. The highest BCUT2D eigenvalue weighted by atomic mass is 79.9. The Balaban J connectivity index is 1.65. The van der Waals surface area contributed by atoms with Crippen molar-refractivity contribution in [3.05, 3.63) is 34.3 Å². The second-order valence-corrected chi connectivity index (χ2v) is 7.45. The lowest BCUT2D eigenvalue weighted by Gasteiger charge is -2.49. The predicted molar refractivity (Wildman–Crippen MR) is 93.1 cm³/mol. The quantitative estimate of drug-likeness (QED) is 0.876. The number of benzene rings is 1. The van der Waals surface area contributed by atoms with Crippen molar-refractivity contribution in [3.8, 4) is 0 Å². The summed E-state index contributed by atoms with van der Waals surface area (Å²) in [5, 5.41) is 3.27. The lowest BCUT2D eigenvalue weighted by molar-refractivity contribution is 0.0245. The Kier molecular flexibility index (Phi) is 5.19. The van der Waals surface area contributed by atoms with Gasteiger partial charge in [-0.1, -0.05) is 25.5 Å². The molecule has 3 nitrogen and oxygen atoms in total. The number of carbonyl (C=O) groups excluding carboxylic acids is 1. The third-order valence-electron chi connectivity index (χ3n) is 5.06. The van der Waals surface area contributed by atoms with Gasteiger partial charge >= 0.3 is 0 Å². The molecule has 2 fully saturated rings. The molecule has 1 aromatic rings. The van der Waals surface area contributed by atoms with E-state index in [2.05, 4.69) is 33.1 Å². The molecule has 0 spiro atoms. The third kappa shape index (κ3) is 3.38. The van der Waals surface area contributed by atoms with Crippen LogP contribution in [0.3, 0.4) is 0 Å². The maximum atomic E-state index is 12.5. The molecule has 120 valence electrons. The molecule has 1 N–H and O–H groups in total. The van der Waals surface area contributed by atoms with Gasteiger partial charge in [0.25, 0.3) is 5.91 Å². The van der Waals surface area contributed by atoms with Crippen LogP contribution < -0.4 is 5.32 Å². The van der Waals surface area contributed by atoms with Crippen LogP contribution in [0.2, 0.25) is 0 Å². The number of rotatable bonds is 4. The van der Waals surface area contributed by atoms with Crippen molar-refractivity contribution in [3.63, 3.8) is 0 Å². The molecule has 22 heavy (non-hydrogen) atoms. The third-order valence-corrected chi connectivity index (χ3v) is 5.75. The van der Waals surface area contributed by atoms with Crippen LogP contribution in [-0.4, -0.2) is 35.5 Å². The molecule has 4 heteroatoms. The number of nitrogens with zero attached hydrogens (tertiary/aromatic N) is 1. The van der Waals surface area contributed by atoms with E-state index >= 15 is 0 Å². The van der Waals surface area contributed by atoms with Crippen LogP contribution in [0.1, 0.15) is 55.8 Å². The van der Waals surface area contributed by atoms with Crippen molar-refractivity contribution in [1.82, 2.24) is 10.2 Å². The van der Waals surface area contributed by atoms with E-state index in [1.165, 1.54) is 32.2 Å². The Morgan fingerprint density at radius 2 is 1.95 bits per heavy atom. The predicted octanol–water partition coefficient (Wildman–Crippen LogP) is 3.97. The van der Waals surface area contributed by atoms with E-state index in [4.69, 9.17) is 0 Å². The summed E-state index contributed by atoms with van der Waals surface area (Å²) in [5.74, 6) is 0.0551. The molecule has 0 saturated carbocycles. The molecule has 2 saturated heterocycles. The number of carbonyl (C=O) groups is 1. The van der Waals surface area contributed by atoms with Gasteiger partial charge in [-0.05, 0) is 66.7 Å². The Morgan fingerprint density at radius 1 is 1.27 bits per heavy atom. The first-order chi connectivity index (χ1) is 10.7. The SMILES string of the molecule is CCCN1[C@@H]2CCC[C@@H]1CC(NC(=O)c1ccccc1Br)C2. The smallest absolute Gasteiger partial charge is 0.252 e. The maximum Gasteiger partial charge on any atom is 0.252 e. The van der Waals surface area contributed by atoms with Gasteiger partial charge in [-0.25, -0.2) is 0 Å².